The van der Waals surface area contributed by atoms with Crippen LogP contribution in [0.5, 0.6) is 0 Å². The van der Waals surface area contributed by atoms with E-state index >= 15 is 0 Å². The molecule has 1 aromatic carbocycles. The van der Waals surface area contributed by atoms with Gasteiger partial charge < -0.3 is 10.6 Å². The SMILES string of the molecule is CCc1c(C(=O)N2CCC(C)(CN)C2)cnn1-c1ccccc1. The van der Waals surface area contributed by atoms with Crippen molar-refractivity contribution in [3.05, 3.63) is 47.8 Å². The molecule has 1 unspecified atom stereocenters. The largest absolute Gasteiger partial charge is 0.338 e. The molecule has 122 valence electrons. The van der Waals surface area contributed by atoms with E-state index in [2.05, 4.69) is 18.9 Å². The summed E-state index contributed by atoms with van der Waals surface area (Å²) < 4.78 is 1.87. The van der Waals surface area contributed by atoms with Gasteiger partial charge in [-0.2, -0.15) is 5.10 Å². The lowest BCUT2D eigenvalue weighted by Crippen LogP contribution is -2.34. The molecule has 1 amide bonds. The van der Waals surface area contributed by atoms with E-state index in [9.17, 15) is 4.79 Å². The van der Waals surface area contributed by atoms with Crippen molar-refractivity contribution in [1.29, 1.82) is 0 Å². The molecule has 1 atom stereocenters. The van der Waals surface area contributed by atoms with Crippen LogP contribution in [0.1, 0.15) is 36.3 Å². The van der Waals surface area contributed by atoms with E-state index < -0.39 is 0 Å². The van der Waals surface area contributed by atoms with Crippen molar-refractivity contribution in [3.8, 4) is 5.69 Å². The van der Waals surface area contributed by atoms with E-state index in [-0.39, 0.29) is 11.3 Å². The zero-order chi connectivity index (χ0) is 16.4. The summed E-state index contributed by atoms with van der Waals surface area (Å²) in [6.07, 6.45) is 3.42. The van der Waals surface area contributed by atoms with Gasteiger partial charge in [0, 0.05) is 13.1 Å². The summed E-state index contributed by atoms with van der Waals surface area (Å²) in [6, 6.07) is 9.93. The quantitative estimate of drug-likeness (QED) is 0.941. The van der Waals surface area contributed by atoms with Crippen LogP contribution in [0.4, 0.5) is 0 Å². The first-order valence-corrected chi connectivity index (χ1v) is 8.19. The highest BCUT2D eigenvalue weighted by molar-refractivity contribution is 5.95. The lowest BCUT2D eigenvalue weighted by atomic mass is 9.90. The second-order valence-corrected chi connectivity index (χ2v) is 6.60. The van der Waals surface area contributed by atoms with Crippen LogP contribution in [0.3, 0.4) is 0 Å². The van der Waals surface area contributed by atoms with Crippen molar-refractivity contribution < 1.29 is 4.79 Å². The van der Waals surface area contributed by atoms with E-state index in [1.165, 1.54) is 0 Å². The average Bonchev–Trinajstić information content (AvgIpc) is 3.19. The smallest absolute Gasteiger partial charge is 0.257 e. The van der Waals surface area contributed by atoms with Gasteiger partial charge in [0.1, 0.15) is 0 Å². The number of benzene rings is 1. The number of amides is 1. The van der Waals surface area contributed by atoms with Gasteiger partial charge in [-0.3, -0.25) is 4.79 Å². The minimum absolute atomic E-state index is 0.0391. The normalized spacial score (nSPS) is 20.9. The number of carbonyl (C=O) groups excluding carboxylic acids is 1. The fourth-order valence-electron chi connectivity index (χ4n) is 3.22. The van der Waals surface area contributed by atoms with Gasteiger partial charge in [-0.05, 0) is 36.9 Å². The van der Waals surface area contributed by atoms with Gasteiger partial charge in [0.15, 0.2) is 0 Å². The molecule has 0 saturated carbocycles. The Morgan fingerprint density at radius 2 is 2.09 bits per heavy atom. The minimum atomic E-state index is 0.0391. The van der Waals surface area contributed by atoms with Gasteiger partial charge >= 0.3 is 0 Å². The number of hydrogen-bond donors (Lipinski definition) is 1. The van der Waals surface area contributed by atoms with Gasteiger partial charge in [-0.15, -0.1) is 0 Å². The van der Waals surface area contributed by atoms with E-state index in [4.69, 9.17) is 5.73 Å². The zero-order valence-electron chi connectivity index (χ0n) is 13.8. The number of hydrogen-bond acceptors (Lipinski definition) is 3. The maximum absolute atomic E-state index is 12.9. The van der Waals surface area contributed by atoms with Crippen LogP contribution in [-0.2, 0) is 6.42 Å². The molecule has 3 rings (SSSR count). The topological polar surface area (TPSA) is 64.2 Å². The lowest BCUT2D eigenvalue weighted by Gasteiger charge is -2.22. The Morgan fingerprint density at radius 3 is 2.70 bits per heavy atom. The van der Waals surface area contributed by atoms with E-state index in [0.717, 1.165) is 37.3 Å². The predicted molar refractivity (Wildman–Crippen MR) is 90.6 cm³/mol. The Bertz CT molecular complexity index is 694. The zero-order valence-corrected chi connectivity index (χ0v) is 13.8. The molecule has 1 aliphatic heterocycles. The molecule has 0 aliphatic carbocycles. The molecule has 5 heteroatoms. The predicted octanol–water partition coefficient (Wildman–Crippen LogP) is 2.25. The number of nitrogens with two attached hydrogens (primary N) is 1. The molecule has 0 bridgehead atoms. The van der Waals surface area contributed by atoms with Crippen LogP contribution in [0.15, 0.2) is 36.5 Å². The molecular formula is C18H24N4O. The van der Waals surface area contributed by atoms with E-state index in [1.807, 2.05) is 39.9 Å². The Kier molecular flexibility index (Phi) is 4.22. The molecule has 1 aliphatic rings. The number of aromatic nitrogens is 2. The van der Waals surface area contributed by atoms with E-state index in [0.29, 0.717) is 12.1 Å². The summed E-state index contributed by atoms with van der Waals surface area (Å²) in [5.74, 6) is 0.0706. The number of nitrogens with zero attached hydrogens (tertiary/aromatic N) is 3. The Balaban J connectivity index is 1.89. The number of rotatable bonds is 4. The van der Waals surface area contributed by atoms with Crippen molar-refractivity contribution >= 4 is 5.91 Å². The van der Waals surface area contributed by atoms with Crippen molar-refractivity contribution in [2.75, 3.05) is 19.6 Å². The molecule has 2 N–H and O–H groups in total. The fraction of sp³-hybridized carbons (Fsp3) is 0.444. The fourth-order valence-corrected chi connectivity index (χ4v) is 3.22. The maximum Gasteiger partial charge on any atom is 0.257 e. The van der Waals surface area contributed by atoms with Crippen LogP contribution in [0, 0.1) is 5.41 Å². The summed E-state index contributed by atoms with van der Waals surface area (Å²) >= 11 is 0. The van der Waals surface area contributed by atoms with Crippen molar-refractivity contribution in [2.45, 2.75) is 26.7 Å². The Morgan fingerprint density at radius 1 is 1.35 bits per heavy atom. The average molecular weight is 312 g/mol. The molecule has 1 aromatic heterocycles. The lowest BCUT2D eigenvalue weighted by molar-refractivity contribution is 0.0776. The summed E-state index contributed by atoms with van der Waals surface area (Å²) in [4.78, 5) is 14.8. The van der Waals surface area contributed by atoms with Crippen LogP contribution >= 0.6 is 0 Å². The molecule has 23 heavy (non-hydrogen) atoms. The standard InChI is InChI=1S/C18H24N4O/c1-3-16-15(11-20-22(16)14-7-5-4-6-8-14)17(23)21-10-9-18(2,12-19)13-21/h4-8,11H,3,9-10,12-13,19H2,1-2H3. The highest BCUT2D eigenvalue weighted by Gasteiger charge is 2.36. The highest BCUT2D eigenvalue weighted by atomic mass is 16.2. The maximum atomic E-state index is 12.9. The van der Waals surface area contributed by atoms with Crippen LogP contribution in [0.2, 0.25) is 0 Å². The molecule has 0 radical (unpaired) electrons. The van der Waals surface area contributed by atoms with Gasteiger partial charge in [0.2, 0.25) is 0 Å². The first kappa shape index (κ1) is 15.7. The number of carbonyl (C=O) groups is 1. The third-order valence-corrected chi connectivity index (χ3v) is 4.77. The molecule has 2 heterocycles. The summed E-state index contributed by atoms with van der Waals surface area (Å²) in [5.41, 5.74) is 8.54. The molecule has 1 saturated heterocycles. The highest BCUT2D eigenvalue weighted by Crippen LogP contribution is 2.30. The van der Waals surface area contributed by atoms with Crippen LogP contribution < -0.4 is 5.73 Å². The molecule has 5 nitrogen and oxygen atoms in total. The molecular weight excluding hydrogens is 288 g/mol. The second kappa shape index (κ2) is 6.16. The van der Waals surface area contributed by atoms with E-state index in [1.54, 1.807) is 6.20 Å². The van der Waals surface area contributed by atoms with Crippen LogP contribution in [0.25, 0.3) is 5.69 Å². The Labute approximate surface area is 137 Å². The Hall–Kier alpha value is -2.14. The monoisotopic (exact) mass is 312 g/mol. The third-order valence-electron chi connectivity index (χ3n) is 4.77. The summed E-state index contributed by atoms with van der Waals surface area (Å²) in [6.45, 7) is 6.31. The van der Waals surface area contributed by atoms with Crippen LogP contribution in [-0.4, -0.2) is 40.2 Å². The number of para-hydroxylation sites is 1. The van der Waals surface area contributed by atoms with Crippen molar-refractivity contribution in [1.82, 2.24) is 14.7 Å². The molecule has 0 spiro atoms. The molecule has 1 fully saturated rings. The third kappa shape index (κ3) is 2.88. The van der Waals surface area contributed by atoms with Crippen molar-refractivity contribution in [2.24, 2.45) is 11.1 Å². The van der Waals surface area contributed by atoms with Gasteiger partial charge in [-0.25, -0.2) is 4.68 Å². The van der Waals surface area contributed by atoms with Crippen molar-refractivity contribution in [3.63, 3.8) is 0 Å². The summed E-state index contributed by atoms with van der Waals surface area (Å²) in [7, 11) is 0. The molecule has 2 aromatic rings. The summed E-state index contributed by atoms with van der Waals surface area (Å²) in [5, 5.41) is 4.45. The van der Waals surface area contributed by atoms with Gasteiger partial charge in [0.25, 0.3) is 5.91 Å². The van der Waals surface area contributed by atoms with Gasteiger partial charge in [-0.1, -0.05) is 32.0 Å². The first-order valence-electron chi connectivity index (χ1n) is 8.19. The number of likely N-dealkylation sites (tertiary alicyclic amines) is 1. The van der Waals surface area contributed by atoms with Gasteiger partial charge in [0.05, 0.1) is 23.1 Å². The second-order valence-electron chi connectivity index (χ2n) is 6.60. The minimum Gasteiger partial charge on any atom is -0.338 e. The first-order chi connectivity index (χ1) is 11.1.